The van der Waals surface area contributed by atoms with Gasteiger partial charge in [0.1, 0.15) is 40.6 Å². The zero-order chi connectivity index (χ0) is 27.4. The number of sulfonamides is 1. The van der Waals surface area contributed by atoms with Crippen LogP contribution in [0, 0.1) is 0 Å². The third-order valence-corrected chi connectivity index (χ3v) is 7.31. The number of aromatic nitrogens is 2. The quantitative estimate of drug-likeness (QED) is 0.430. The van der Waals surface area contributed by atoms with E-state index in [-0.39, 0.29) is 52.8 Å². The Morgan fingerprint density at radius 3 is 2.63 bits per heavy atom. The van der Waals surface area contributed by atoms with Gasteiger partial charge in [0.15, 0.2) is 5.82 Å². The standard InChI is InChI=1S/C24H26N4O9S/c1-15(14-34-3)36-18-10-16(23(29)25-22-6-7-28(26-22)24(30)31)11-19(12-18)37-17-4-5-21-20(13-17)35-9-8-27(2)38(21,32)33/h4-7,10-13,15H,8-9,14H2,1-3H3,(H,30,31)(H,25,26,29)/t15-/m0/s1. The van der Waals surface area contributed by atoms with Crippen molar-refractivity contribution in [2.45, 2.75) is 17.9 Å². The minimum atomic E-state index is -3.70. The number of rotatable bonds is 8. The molecule has 2 aromatic carbocycles. The molecule has 1 aliphatic rings. The van der Waals surface area contributed by atoms with E-state index in [1.807, 2.05) is 0 Å². The highest BCUT2D eigenvalue weighted by atomic mass is 32.2. The summed E-state index contributed by atoms with van der Waals surface area (Å²) in [5.41, 5.74) is 0.141. The van der Waals surface area contributed by atoms with Crippen molar-refractivity contribution >= 4 is 27.8 Å². The van der Waals surface area contributed by atoms with Gasteiger partial charge in [-0.15, -0.1) is 5.10 Å². The number of fused-ring (bicyclic) bond motifs is 1. The second-order valence-corrected chi connectivity index (χ2v) is 10.4. The summed E-state index contributed by atoms with van der Waals surface area (Å²) in [4.78, 5) is 24.0. The molecule has 2 N–H and O–H groups in total. The number of anilines is 1. The molecule has 1 aliphatic heterocycles. The van der Waals surface area contributed by atoms with Crippen LogP contribution < -0.4 is 19.5 Å². The lowest BCUT2D eigenvalue weighted by atomic mass is 10.2. The summed E-state index contributed by atoms with van der Waals surface area (Å²) in [7, 11) is -0.687. The molecular weight excluding hydrogens is 520 g/mol. The SMILES string of the molecule is COC[C@H](C)Oc1cc(Oc2ccc3c(c2)OCCN(C)S3(=O)=O)cc(C(=O)Nc2ccn(C(=O)O)n2)c1. The lowest BCUT2D eigenvalue weighted by molar-refractivity contribution is 0.0915. The fourth-order valence-corrected chi connectivity index (χ4v) is 4.87. The molecule has 4 rings (SSSR count). The fraction of sp³-hybridized carbons (Fsp3) is 0.292. The third kappa shape index (κ3) is 6.04. The van der Waals surface area contributed by atoms with Crippen LogP contribution in [0.25, 0.3) is 0 Å². The molecule has 2 heterocycles. The Balaban J connectivity index is 1.63. The molecule has 0 saturated heterocycles. The number of hydrogen-bond acceptors (Lipinski definition) is 9. The average Bonchev–Trinajstić information content (AvgIpc) is 3.29. The number of hydrogen-bond donors (Lipinski definition) is 2. The number of likely N-dealkylation sites (N-methyl/N-ethyl adjacent to an activating group) is 1. The largest absolute Gasteiger partial charge is 0.491 e. The molecule has 0 aliphatic carbocycles. The van der Waals surface area contributed by atoms with Gasteiger partial charge in [0.25, 0.3) is 5.91 Å². The van der Waals surface area contributed by atoms with E-state index >= 15 is 0 Å². The number of nitrogens with zero attached hydrogens (tertiary/aromatic N) is 3. The van der Waals surface area contributed by atoms with Crippen LogP contribution in [-0.4, -0.2) is 79.6 Å². The Morgan fingerprint density at radius 2 is 1.92 bits per heavy atom. The first-order valence-corrected chi connectivity index (χ1v) is 12.8. The van der Waals surface area contributed by atoms with Gasteiger partial charge in [0.05, 0.1) is 6.61 Å². The minimum Gasteiger partial charge on any atom is -0.491 e. The van der Waals surface area contributed by atoms with Gasteiger partial charge < -0.3 is 29.4 Å². The number of benzene rings is 2. The first-order valence-electron chi connectivity index (χ1n) is 11.4. The lowest BCUT2D eigenvalue weighted by Crippen LogP contribution is -2.28. The van der Waals surface area contributed by atoms with Crippen molar-refractivity contribution in [3.8, 4) is 23.0 Å². The van der Waals surface area contributed by atoms with E-state index in [4.69, 9.17) is 24.1 Å². The summed E-state index contributed by atoms with van der Waals surface area (Å²) in [6, 6.07) is 10.2. The zero-order valence-corrected chi connectivity index (χ0v) is 21.6. The van der Waals surface area contributed by atoms with Crippen molar-refractivity contribution in [2.75, 3.05) is 39.2 Å². The molecule has 13 nitrogen and oxygen atoms in total. The molecule has 14 heteroatoms. The molecule has 0 radical (unpaired) electrons. The Bertz CT molecular complexity index is 1450. The number of nitrogens with one attached hydrogen (secondary N) is 1. The first kappa shape index (κ1) is 26.9. The van der Waals surface area contributed by atoms with Gasteiger partial charge in [0.2, 0.25) is 10.0 Å². The van der Waals surface area contributed by atoms with Crippen LogP contribution in [0.1, 0.15) is 17.3 Å². The van der Waals surface area contributed by atoms with Crippen molar-refractivity contribution in [1.29, 1.82) is 0 Å². The van der Waals surface area contributed by atoms with E-state index in [0.717, 1.165) is 0 Å². The molecule has 1 aromatic heterocycles. The molecular formula is C24H26N4O9S. The fourth-order valence-electron chi connectivity index (χ4n) is 3.60. The number of carbonyl (C=O) groups excluding carboxylic acids is 1. The summed E-state index contributed by atoms with van der Waals surface area (Å²) in [5.74, 6) is 0.408. The second-order valence-electron chi connectivity index (χ2n) is 8.34. The number of methoxy groups -OCH3 is 1. The monoisotopic (exact) mass is 546 g/mol. The zero-order valence-electron chi connectivity index (χ0n) is 20.8. The molecule has 0 bridgehead atoms. The van der Waals surface area contributed by atoms with Crippen molar-refractivity contribution in [3.05, 3.63) is 54.2 Å². The molecule has 1 amide bonds. The smallest absolute Gasteiger partial charge is 0.432 e. The first-order chi connectivity index (χ1) is 18.1. The molecule has 202 valence electrons. The summed E-state index contributed by atoms with van der Waals surface area (Å²) >= 11 is 0. The maximum Gasteiger partial charge on any atom is 0.432 e. The number of carbonyl (C=O) groups is 2. The second kappa shape index (κ2) is 11.1. The van der Waals surface area contributed by atoms with E-state index < -0.39 is 22.0 Å². The summed E-state index contributed by atoms with van der Waals surface area (Å²) in [6.07, 6.45) is -0.454. The third-order valence-electron chi connectivity index (χ3n) is 5.41. The van der Waals surface area contributed by atoms with Crippen LogP contribution in [0.2, 0.25) is 0 Å². The van der Waals surface area contributed by atoms with Gasteiger partial charge in [-0.1, -0.05) is 0 Å². The van der Waals surface area contributed by atoms with Crippen LogP contribution in [0.5, 0.6) is 23.0 Å². The molecule has 3 aromatic rings. The molecule has 38 heavy (non-hydrogen) atoms. The predicted octanol–water partition coefficient (Wildman–Crippen LogP) is 2.88. The number of amides is 1. The highest BCUT2D eigenvalue weighted by molar-refractivity contribution is 7.89. The van der Waals surface area contributed by atoms with Crippen LogP contribution in [0.4, 0.5) is 10.6 Å². The van der Waals surface area contributed by atoms with Gasteiger partial charge in [-0.2, -0.15) is 8.99 Å². The molecule has 0 saturated carbocycles. The number of ether oxygens (including phenoxy) is 4. The van der Waals surface area contributed by atoms with Crippen LogP contribution in [0.15, 0.2) is 53.6 Å². The van der Waals surface area contributed by atoms with Crippen molar-refractivity contribution in [3.63, 3.8) is 0 Å². The van der Waals surface area contributed by atoms with E-state index in [2.05, 4.69) is 10.4 Å². The normalized spacial score (nSPS) is 15.4. The van der Waals surface area contributed by atoms with Crippen LogP contribution >= 0.6 is 0 Å². The van der Waals surface area contributed by atoms with Crippen molar-refractivity contribution in [1.82, 2.24) is 14.1 Å². The summed E-state index contributed by atoms with van der Waals surface area (Å²) in [6.45, 7) is 2.46. The van der Waals surface area contributed by atoms with E-state index in [1.165, 1.54) is 61.1 Å². The van der Waals surface area contributed by atoms with E-state index in [1.54, 1.807) is 13.0 Å². The van der Waals surface area contributed by atoms with Gasteiger partial charge in [0, 0.05) is 50.7 Å². The van der Waals surface area contributed by atoms with Gasteiger partial charge in [-0.05, 0) is 31.2 Å². The molecule has 0 unspecified atom stereocenters. The van der Waals surface area contributed by atoms with Gasteiger partial charge in [-0.25, -0.2) is 13.2 Å². The highest BCUT2D eigenvalue weighted by Crippen LogP contribution is 2.35. The molecule has 0 spiro atoms. The van der Waals surface area contributed by atoms with Crippen molar-refractivity contribution in [2.24, 2.45) is 0 Å². The topological polar surface area (TPSA) is 159 Å². The molecule has 0 fully saturated rings. The Hall–Kier alpha value is -4.14. The average molecular weight is 547 g/mol. The summed E-state index contributed by atoms with van der Waals surface area (Å²) < 4.78 is 49.8. The minimum absolute atomic E-state index is 0.0242. The Labute approximate surface area is 218 Å². The van der Waals surface area contributed by atoms with Gasteiger partial charge in [-0.3, -0.25) is 4.79 Å². The van der Waals surface area contributed by atoms with Crippen molar-refractivity contribution < 1.29 is 42.1 Å². The molecule has 1 atom stereocenters. The Morgan fingerprint density at radius 1 is 1.16 bits per heavy atom. The van der Waals surface area contributed by atoms with Gasteiger partial charge >= 0.3 is 6.09 Å². The lowest BCUT2D eigenvalue weighted by Gasteiger charge is -2.17. The van der Waals surface area contributed by atoms with Crippen LogP contribution in [0.3, 0.4) is 0 Å². The summed E-state index contributed by atoms with van der Waals surface area (Å²) in [5, 5.41) is 15.3. The van der Waals surface area contributed by atoms with E-state index in [0.29, 0.717) is 17.0 Å². The maximum absolute atomic E-state index is 13.0. The van der Waals surface area contributed by atoms with Crippen LogP contribution in [-0.2, 0) is 14.8 Å². The predicted molar refractivity (Wildman–Crippen MR) is 134 cm³/mol. The highest BCUT2D eigenvalue weighted by Gasteiger charge is 2.28. The van der Waals surface area contributed by atoms with E-state index in [9.17, 15) is 18.0 Å². The Kier molecular flexibility index (Phi) is 7.85. The maximum atomic E-state index is 13.0. The number of carboxylic acid groups (broad SMARTS) is 1.